The molecule has 7 heteroatoms. The monoisotopic (exact) mass is 445 g/mol. The number of nitrogens with one attached hydrogen (secondary N) is 1. The van der Waals surface area contributed by atoms with Crippen molar-refractivity contribution < 1.29 is 9.59 Å². The average molecular weight is 446 g/mol. The van der Waals surface area contributed by atoms with Gasteiger partial charge in [-0.3, -0.25) is 9.69 Å². The number of rotatable bonds is 6. The summed E-state index contributed by atoms with van der Waals surface area (Å²) in [5, 5.41) is 9.85. The molecule has 2 aromatic carbocycles. The summed E-state index contributed by atoms with van der Waals surface area (Å²) in [6, 6.07) is 20.8. The van der Waals surface area contributed by atoms with Crippen molar-refractivity contribution in [3.05, 3.63) is 99.7 Å². The molecule has 4 aromatic rings. The van der Waals surface area contributed by atoms with E-state index in [4.69, 9.17) is 0 Å². The zero-order valence-corrected chi connectivity index (χ0v) is 18.2. The Morgan fingerprint density at radius 2 is 1.68 bits per heavy atom. The number of nitrogens with zero attached hydrogens (tertiary/aromatic N) is 2. The maximum atomic E-state index is 13.7. The lowest BCUT2D eigenvalue weighted by atomic mass is 9.83. The molecule has 0 radical (unpaired) electrons. The zero-order valence-electron chi connectivity index (χ0n) is 16.5. The Bertz CT molecular complexity index is 1210. The lowest BCUT2D eigenvalue weighted by Crippen LogP contribution is -2.46. The van der Waals surface area contributed by atoms with Gasteiger partial charge in [-0.05, 0) is 22.6 Å². The van der Waals surface area contributed by atoms with Crippen LogP contribution in [0.15, 0.2) is 82.9 Å². The highest BCUT2D eigenvalue weighted by atomic mass is 32.1. The van der Waals surface area contributed by atoms with Gasteiger partial charge in [0.15, 0.2) is 5.54 Å². The molecule has 0 unspecified atom stereocenters. The molecule has 1 N–H and O–H groups in total. The highest BCUT2D eigenvalue weighted by molar-refractivity contribution is 7.14. The van der Waals surface area contributed by atoms with Crippen LogP contribution in [0.25, 0.3) is 10.6 Å². The van der Waals surface area contributed by atoms with Crippen molar-refractivity contribution in [2.45, 2.75) is 18.5 Å². The van der Waals surface area contributed by atoms with Crippen molar-refractivity contribution >= 4 is 34.6 Å². The predicted octanol–water partition coefficient (Wildman–Crippen LogP) is 5.06. The summed E-state index contributed by atoms with van der Waals surface area (Å²) >= 11 is 3.13. The second-order valence-corrected chi connectivity index (χ2v) is 9.05. The topological polar surface area (TPSA) is 62.3 Å². The highest BCUT2D eigenvalue weighted by Crippen LogP contribution is 2.34. The molecule has 5 nitrogen and oxygen atoms in total. The van der Waals surface area contributed by atoms with E-state index in [-0.39, 0.29) is 12.5 Å². The Kier molecular flexibility index (Phi) is 5.13. The molecule has 0 saturated carbocycles. The lowest BCUT2D eigenvalue weighted by molar-refractivity contribution is -0.132. The normalized spacial score (nSPS) is 18.4. The molecular formula is C24H19N3O2S2. The fraction of sp³-hybridized carbons (Fsp3) is 0.125. The number of benzene rings is 2. The first kappa shape index (κ1) is 19.7. The van der Waals surface area contributed by atoms with Gasteiger partial charge < -0.3 is 5.32 Å². The Labute approximate surface area is 188 Å². The lowest BCUT2D eigenvalue weighted by Gasteiger charge is -2.27. The average Bonchev–Trinajstić information content (AvgIpc) is 3.53. The van der Waals surface area contributed by atoms with Crippen LogP contribution < -0.4 is 5.32 Å². The maximum absolute atomic E-state index is 13.7. The van der Waals surface area contributed by atoms with E-state index in [1.54, 1.807) is 11.3 Å². The van der Waals surface area contributed by atoms with Crippen LogP contribution in [0.5, 0.6) is 0 Å². The van der Waals surface area contributed by atoms with Crippen LogP contribution in [0, 0.1) is 0 Å². The summed E-state index contributed by atoms with van der Waals surface area (Å²) in [6.45, 7) is 0.147. The molecule has 0 aliphatic carbocycles. The Morgan fingerprint density at radius 1 is 0.935 bits per heavy atom. The second-order valence-electron chi connectivity index (χ2n) is 7.41. The third-order valence-electron chi connectivity index (χ3n) is 5.39. The van der Waals surface area contributed by atoms with E-state index in [0.717, 1.165) is 21.7 Å². The number of carbonyl (C=O) groups excluding carboxylic acids is 2. The number of urea groups is 1. The summed E-state index contributed by atoms with van der Waals surface area (Å²) in [5.41, 5.74) is 2.39. The van der Waals surface area contributed by atoms with Gasteiger partial charge in [-0.15, -0.1) is 11.3 Å². The van der Waals surface area contributed by atoms with Crippen molar-refractivity contribution in [2.75, 3.05) is 0 Å². The Balaban J connectivity index is 1.47. The maximum Gasteiger partial charge on any atom is 0.325 e. The van der Waals surface area contributed by atoms with E-state index < -0.39 is 11.6 Å². The molecule has 2 aromatic heterocycles. The molecule has 3 heterocycles. The number of amides is 3. The van der Waals surface area contributed by atoms with Gasteiger partial charge >= 0.3 is 6.03 Å². The van der Waals surface area contributed by atoms with E-state index in [0.29, 0.717) is 12.1 Å². The fourth-order valence-corrected chi connectivity index (χ4v) is 5.40. The van der Waals surface area contributed by atoms with Crippen molar-refractivity contribution in [3.8, 4) is 10.6 Å². The minimum absolute atomic E-state index is 0.147. The standard InChI is InChI=1S/C24H19N3O2S2/c28-22-24(19-9-5-2-6-10-19,13-17-7-3-1-4-8-17)26-23(29)27(22)14-20-16-31-21(25-20)18-11-12-30-15-18/h1-12,15-16H,13-14H2,(H,26,29)/t24-/m0/s1. The molecule has 1 fully saturated rings. The van der Waals surface area contributed by atoms with Gasteiger partial charge in [0.25, 0.3) is 5.91 Å². The van der Waals surface area contributed by atoms with Crippen LogP contribution in [0.1, 0.15) is 16.8 Å². The van der Waals surface area contributed by atoms with Crippen LogP contribution in [0.2, 0.25) is 0 Å². The van der Waals surface area contributed by atoms with Crippen LogP contribution in [0.4, 0.5) is 4.79 Å². The third kappa shape index (κ3) is 3.66. The van der Waals surface area contributed by atoms with Crippen LogP contribution >= 0.6 is 22.7 Å². The van der Waals surface area contributed by atoms with Gasteiger partial charge in [-0.25, -0.2) is 9.78 Å². The van der Waals surface area contributed by atoms with E-state index >= 15 is 0 Å². The van der Waals surface area contributed by atoms with E-state index in [1.165, 1.54) is 16.2 Å². The fourth-order valence-electron chi connectivity index (χ4n) is 3.87. The minimum atomic E-state index is -1.13. The minimum Gasteiger partial charge on any atom is -0.319 e. The molecule has 0 bridgehead atoms. The van der Waals surface area contributed by atoms with Gasteiger partial charge in [-0.2, -0.15) is 11.3 Å². The highest BCUT2D eigenvalue weighted by Gasteiger charge is 2.52. The number of aromatic nitrogens is 1. The first-order chi connectivity index (χ1) is 15.2. The van der Waals surface area contributed by atoms with Gasteiger partial charge in [0, 0.05) is 22.7 Å². The molecule has 31 heavy (non-hydrogen) atoms. The molecule has 154 valence electrons. The summed E-state index contributed by atoms with van der Waals surface area (Å²) in [5.74, 6) is -0.252. The van der Waals surface area contributed by atoms with Gasteiger partial charge in [0.05, 0.1) is 12.2 Å². The first-order valence-electron chi connectivity index (χ1n) is 9.86. The largest absolute Gasteiger partial charge is 0.325 e. The summed E-state index contributed by atoms with van der Waals surface area (Å²) < 4.78 is 0. The number of hydrogen-bond donors (Lipinski definition) is 1. The van der Waals surface area contributed by atoms with E-state index in [2.05, 4.69) is 10.3 Å². The first-order valence-corrected chi connectivity index (χ1v) is 11.7. The number of carbonyl (C=O) groups is 2. The number of thiophene rings is 1. The van der Waals surface area contributed by atoms with Crippen LogP contribution in [0.3, 0.4) is 0 Å². The molecule has 1 aliphatic heterocycles. The third-order valence-corrected chi connectivity index (χ3v) is 7.02. The Morgan fingerprint density at radius 3 is 2.39 bits per heavy atom. The molecule has 1 aliphatic rings. The van der Waals surface area contributed by atoms with Crippen molar-refractivity contribution in [3.63, 3.8) is 0 Å². The van der Waals surface area contributed by atoms with Crippen molar-refractivity contribution in [1.29, 1.82) is 0 Å². The van der Waals surface area contributed by atoms with Crippen LogP contribution in [-0.2, 0) is 23.3 Å². The smallest absolute Gasteiger partial charge is 0.319 e. The summed E-state index contributed by atoms with van der Waals surface area (Å²) in [4.78, 5) is 32.6. The van der Waals surface area contributed by atoms with Crippen molar-refractivity contribution in [2.24, 2.45) is 0 Å². The molecule has 1 saturated heterocycles. The zero-order chi connectivity index (χ0) is 21.3. The van der Waals surface area contributed by atoms with Gasteiger partial charge in [0.1, 0.15) is 5.01 Å². The number of imide groups is 1. The van der Waals surface area contributed by atoms with E-state index in [1.807, 2.05) is 82.9 Å². The summed E-state index contributed by atoms with van der Waals surface area (Å²) in [6.07, 6.45) is 0.385. The van der Waals surface area contributed by atoms with Gasteiger partial charge in [0.2, 0.25) is 0 Å². The van der Waals surface area contributed by atoms with Crippen molar-refractivity contribution in [1.82, 2.24) is 15.2 Å². The molecule has 5 rings (SSSR count). The molecule has 3 amide bonds. The SMILES string of the molecule is O=C1N[C@@](Cc2ccccc2)(c2ccccc2)C(=O)N1Cc1csc(-c2ccsc2)n1. The number of thiazole rings is 1. The van der Waals surface area contributed by atoms with E-state index in [9.17, 15) is 9.59 Å². The Hall–Kier alpha value is -3.29. The molecular weight excluding hydrogens is 426 g/mol. The summed E-state index contributed by atoms with van der Waals surface area (Å²) in [7, 11) is 0. The number of hydrogen-bond acceptors (Lipinski definition) is 5. The second kappa shape index (κ2) is 8.09. The molecule has 1 atom stereocenters. The molecule has 0 spiro atoms. The van der Waals surface area contributed by atoms with Gasteiger partial charge in [-0.1, -0.05) is 60.7 Å². The van der Waals surface area contributed by atoms with Crippen LogP contribution in [-0.4, -0.2) is 21.8 Å². The predicted molar refractivity (Wildman–Crippen MR) is 123 cm³/mol. The quantitative estimate of drug-likeness (QED) is 0.422.